The number of anilines is 1. The van der Waals surface area contributed by atoms with E-state index in [0.717, 1.165) is 11.1 Å². The number of rotatable bonds is 6. The summed E-state index contributed by atoms with van der Waals surface area (Å²) in [6.45, 7) is 3.78. The number of nitrogens with one attached hydrogen (secondary N) is 1. The minimum atomic E-state index is -3.69. The fourth-order valence-electron chi connectivity index (χ4n) is 2.57. The van der Waals surface area contributed by atoms with Gasteiger partial charge in [-0.3, -0.25) is 4.72 Å². The second-order valence-electron chi connectivity index (χ2n) is 6.15. The van der Waals surface area contributed by atoms with E-state index in [9.17, 15) is 8.42 Å². The predicted molar refractivity (Wildman–Crippen MR) is 106 cm³/mol. The number of methoxy groups -OCH3 is 1. The topological polar surface area (TPSA) is 64.6 Å². The molecule has 0 heterocycles. The van der Waals surface area contributed by atoms with Gasteiger partial charge in [0.1, 0.15) is 5.75 Å². The van der Waals surface area contributed by atoms with Crippen LogP contribution in [0.1, 0.15) is 11.1 Å². The molecule has 6 heteroatoms. The number of aryl methyl sites for hydroxylation is 2. The molecule has 0 bridgehead atoms. The Hall–Kier alpha value is -2.99. The Labute approximate surface area is 159 Å². The van der Waals surface area contributed by atoms with Crippen LogP contribution in [-0.4, -0.2) is 15.5 Å². The Morgan fingerprint density at radius 1 is 0.852 bits per heavy atom. The van der Waals surface area contributed by atoms with Crippen molar-refractivity contribution in [2.75, 3.05) is 11.8 Å². The molecule has 0 radical (unpaired) electrons. The maximum absolute atomic E-state index is 12.7. The number of benzene rings is 3. The molecule has 3 aromatic carbocycles. The van der Waals surface area contributed by atoms with E-state index >= 15 is 0 Å². The fraction of sp³-hybridized carbons (Fsp3) is 0.143. The average Bonchev–Trinajstić information content (AvgIpc) is 2.65. The Bertz CT molecular complexity index is 1040. The van der Waals surface area contributed by atoms with Gasteiger partial charge in [-0.15, -0.1) is 0 Å². The first-order valence-corrected chi connectivity index (χ1v) is 9.88. The standard InChI is InChI=1S/C21H21NO4S/c1-15-8-9-16(2)19(14-15)22-27(23,24)18-12-10-17(11-13-18)26-21-7-5-4-6-20(21)25-3/h4-14,22H,1-3H3. The highest BCUT2D eigenvalue weighted by atomic mass is 32.2. The van der Waals surface area contributed by atoms with Crippen molar-refractivity contribution in [1.82, 2.24) is 0 Å². The molecule has 3 aromatic rings. The summed E-state index contributed by atoms with van der Waals surface area (Å²) in [5, 5.41) is 0. The highest BCUT2D eigenvalue weighted by molar-refractivity contribution is 7.92. The summed E-state index contributed by atoms with van der Waals surface area (Å²) in [4.78, 5) is 0.163. The Kier molecular flexibility index (Phi) is 5.37. The Balaban J connectivity index is 1.80. The van der Waals surface area contributed by atoms with Gasteiger partial charge in [0.2, 0.25) is 0 Å². The van der Waals surface area contributed by atoms with Crippen LogP contribution >= 0.6 is 0 Å². The van der Waals surface area contributed by atoms with Crippen LogP contribution in [0.15, 0.2) is 71.6 Å². The largest absolute Gasteiger partial charge is 0.493 e. The van der Waals surface area contributed by atoms with Crippen LogP contribution in [0.5, 0.6) is 17.2 Å². The normalized spacial score (nSPS) is 11.1. The van der Waals surface area contributed by atoms with E-state index in [2.05, 4.69) is 4.72 Å². The van der Waals surface area contributed by atoms with Crippen LogP contribution in [0.4, 0.5) is 5.69 Å². The van der Waals surface area contributed by atoms with E-state index in [4.69, 9.17) is 9.47 Å². The molecule has 3 rings (SSSR count). The summed E-state index contributed by atoms with van der Waals surface area (Å²) >= 11 is 0. The molecule has 0 unspecified atom stereocenters. The zero-order valence-corrected chi connectivity index (χ0v) is 16.2. The zero-order chi connectivity index (χ0) is 19.4. The number of sulfonamides is 1. The first-order valence-electron chi connectivity index (χ1n) is 8.40. The fourth-order valence-corrected chi connectivity index (χ4v) is 3.69. The van der Waals surface area contributed by atoms with E-state index < -0.39 is 10.0 Å². The molecule has 0 amide bonds. The third-order valence-electron chi connectivity index (χ3n) is 4.07. The molecule has 0 aliphatic heterocycles. The van der Waals surface area contributed by atoms with E-state index in [-0.39, 0.29) is 4.90 Å². The molecule has 0 fully saturated rings. The average molecular weight is 383 g/mol. The summed E-state index contributed by atoms with van der Waals surface area (Å²) in [6.07, 6.45) is 0. The quantitative estimate of drug-likeness (QED) is 0.657. The zero-order valence-electron chi connectivity index (χ0n) is 15.4. The van der Waals surface area contributed by atoms with Gasteiger partial charge in [0.15, 0.2) is 11.5 Å². The van der Waals surface area contributed by atoms with E-state index in [1.807, 2.05) is 44.2 Å². The third-order valence-corrected chi connectivity index (χ3v) is 5.45. The van der Waals surface area contributed by atoms with E-state index in [1.165, 1.54) is 12.1 Å². The predicted octanol–water partition coefficient (Wildman–Crippen LogP) is 4.91. The van der Waals surface area contributed by atoms with Gasteiger partial charge in [0.05, 0.1) is 17.7 Å². The van der Waals surface area contributed by atoms with Crippen LogP contribution in [0.25, 0.3) is 0 Å². The molecule has 0 saturated carbocycles. The first kappa shape index (κ1) is 18.8. The van der Waals surface area contributed by atoms with Gasteiger partial charge in [0, 0.05) is 0 Å². The second kappa shape index (κ2) is 7.72. The highest BCUT2D eigenvalue weighted by Gasteiger charge is 2.16. The van der Waals surface area contributed by atoms with Crippen LogP contribution in [0, 0.1) is 13.8 Å². The SMILES string of the molecule is COc1ccccc1Oc1ccc(S(=O)(=O)Nc2cc(C)ccc2C)cc1. The van der Waals surface area contributed by atoms with Crippen molar-refractivity contribution in [2.24, 2.45) is 0 Å². The molecule has 27 heavy (non-hydrogen) atoms. The second-order valence-corrected chi connectivity index (χ2v) is 7.83. The van der Waals surface area contributed by atoms with Crippen molar-refractivity contribution >= 4 is 15.7 Å². The minimum absolute atomic E-state index is 0.163. The van der Waals surface area contributed by atoms with Crippen LogP contribution in [0.2, 0.25) is 0 Å². The molecule has 0 aromatic heterocycles. The van der Waals surface area contributed by atoms with Crippen molar-refractivity contribution in [2.45, 2.75) is 18.7 Å². The van der Waals surface area contributed by atoms with Crippen LogP contribution < -0.4 is 14.2 Å². The van der Waals surface area contributed by atoms with Crippen molar-refractivity contribution in [3.05, 3.63) is 77.9 Å². The van der Waals surface area contributed by atoms with E-state index in [1.54, 1.807) is 31.4 Å². The van der Waals surface area contributed by atoms with Gasteiger partial charge < -0.3 is 9.47 Å². The van der Waals surface area contributed by atoms with Gasteiger partial charge in [-0.05, 0) is 67.4 Å². The molecule has 0 spiro atoms. The molecule has 5 nitrogen and oxygen atoms in total. The first-order chi connectivity index (χ1) is 12.9. The molecule has 0 atom stereocenters. The number of para-hydroxylation sites is 2. The number of hydrogen-bond acceptors (Lipinski definition) is 4. The van der Waals surface area contributed by atoms with Crippen LogP contribution in [0.3, 0.4) is 0 Å². The summed E-state index contributed by atoms with van der Waals surface area (Å²) < 4.78 is 39.0. The lowest BCUT2D eigenvalue weighted by Gasteiger charge is -2.13. The molecule has 140 valence electrons. The molecule has 0 aliphatic rings. The Morgan fingerprint density at radius 3 is 2.19 bits per heavy atom. The number of ether oxygens (including phenoxy) is 2. The number of hydrogen-bond donors (Lipinski definition) is 1. The van der Waals surface area contributed by atoms with Gasteiger partial charge in [-0.25, -0.2) is 8.42 Å². The monoisotopic (exact) mass is 383 g/mol. The summed E-state index contributed by atoms with van der Waals surface area (Å²) in [5.74, 6) is 1.68. The highest BCUT2D eigenvalue weighted by Crippen LogP contribution is 2.31. The van der Waals surface area contributed by atoms with Gasteiger partial charge in [-0.1, -0.05) is 24.3 Å². The van der Waals surface area contributed by atoms with E-state index in [0.29, 0.717) is 22.9 Å². The molecule has 1 N–H and O–H groups in total. The van der Waals surface area contributed by atoms with Crippen molar-refractivity contribution in [3.63, 3.8) is 0 Å². The van der Waals surface area contributed by atoms with Gasteiger partial charge >= 0.3 is 0 Å². The maximum Gasteiger partial charge on any atom is 0.261 e. The van der Waals surface area contributed by atoms with Crippen molar-refractivity contribution in [1.29, 1.82) is 0 Å². The van der Waals surface area contributed by atoms with Crippen LogP contribution in [-0.2, 0) is 10.0 Å². The molecular formula is C21H21NO4S. The van der Waals surface area contributed by atoms with Crippen molar-refractivity contribution < 1.29 is 17.9 Å². The summed E-state index contributed by atoms with van der Waals surface area (Å²) in [5.41, 5.74) is 2.42. The lowest BCUT2D eigenvalue weighted by molar-refractivity contribution is 0.379. The smallest absolute Gasteiger partial charge is 0.261 e. The molecule has 0 aliphatic carbocycles. The lowest BCUT2D eigenvalue weighted by atomic mass is 10.1. The van der Waals surface area contributed by atoms with Crippen molar-refractivity contribution in [3.8, 4) is 17.2 Å². The maximum atomic E-state index is 12.7. The Morgan fingerprint density at radius 2 is 1.52 bits per heavy atom. The van der Waals surface area contributed by atoms with Gasteiger partial charge in [0.25, 0.3) is 10.0 Å². The summed E-state index contributed by atoms with van der Waals surface area (Å²) in [7, 11) is -2.12. The van der Waals surface area contributed by atoms with Gasteiger partial charge in [-0.2, -0.15) is 0 Å². The molecular weight excluding hydrogens is 362 g/mol. The lowest BCUT2D eigenvalue weighted by Crippen LogP contribution is -2.13. The minimum Gasteiger partial charge on any atom is -0.493 e. The molecule has 0 saturated heterocycles. The summed E-state index contributed by atoms with van der Waals surface area (Å²) in [6, 6.07) is 19.2. The third kappa shape index (κ3) is 4.41.